The minimum Gasteiger partial charge on any atom is -0.507 e. The van der Waals surface area contributed by atoms with Gasteiger partial charge in [0.25, 0.3) is 5.69 Å². The van der Waals surface area contributed by atoms with E-state index < -0.39 is 4.92 Å². The van der Waals surface area contributed by atoms with Gasteiger partial charge < -0.3 is 20.1 Å². The van der Waals surface area contributed by atoms with E-state index in [9.17, 15) is 15.2 Å². The Morgan fingerprint density at radius 2 is 1.85 bits per heavy atom. The first-order valence-electron chi connectivity index (χ1n) is 10.2. The molecule has 2 heterocycles. The Bertz CT molecular complexity index is 1160. The van der Waals surface area contributed by atoms with Gasteiger partial charge in [-0.2, -0.15) is 20.1 Å². The summed E-state index contributed by atoms with van der Waals surface area (Å²) in [5, 5.41) is 28.1. The molecule has 0 radical (unpaired) electrons. The fourth-order valence-corrected chi connectivity index (χ4v) is 3.06. The van der Waals surface area contributed by atoms with Crippen molar-refractivity contribution in [1.29, 1.82) is 0 Å². The molecule has 0 bridgehead atoms. The second-order valence-corrected chi connectivity index (χ2v) is 7.24. The highest BCUT2D eigenvalue weighted by molar-refractivity contribution is 5.84. The summed E-state index contributed by atoms with van der Waals surface area (Å²) in [7, 11) is 0. The molecule has 4 rings (SSSR count). The number of nitrogens with one attached hydrogen (secondary N) is 2. The fourth-order valence-electron chi connectivity index (χ4n) is 3.06. The van der Waals surface area contributed by atoms with Gasteiger partial charge in [0.05, 0.1) is 24.4 Å². The lowest BCUT2D eigenvalue weighted by Crippen LogP contribution is -2.37. The van der Waals surface area contributed by atoms with E-state index in [-0.39, 0.29) is 22.9 Å². The fraction of sp³-hybridized carbons (Fsp3) is 0.238. The Hall–Kier alpha value is -4.32. The molecule has 2 aromatic carbocycles. The van der Waals surface area contributed by atoms with Crippen LogP contribution >= 0.6 is 0 Å². The minimum absolute atomic E-state index is 0.141. The molecule has 1 aliphatic rings. The third kappa shape index (κ3) is 5.68. The van der Waals surface area contributed by atoms with Crippen molar-refractivity contribution in [3.05, 3.63) is 63.7 Å². The molecular weight excluding hydrogens is 428 g/mol. The number of hydrazone groups is 1. The Morgan fingerprint density at radius 3 is 2.58 bits per heavy atom. The molecule has 0 spiro atoms. The molecule has 12 heteroatoms. The second-order valence-electron chi connectivity index (χ2n) is 7.24. The van der Waals surface area contributed by atoms with Crippen molar-refractivity contribution in [2.45, 2.75) is 6.92 Å². The van der Waals surface area contributed by atoms with E-state index in [1.807, 2.05) is 36.1 Å². The lowest BCUT2D eigenvalue weighted by molar-refractivity contribution is -0.384. The normalized spacial score (nSPS) is 13.8. The van der Waals surface area contributed by atoms with Crippen LogP contribution in [0.25, 0.3) is 0 Å². The average molecular weight is 450 g/mol. The number of nitrogens with zero attached hydrogens (tertiary/aromatic N) is 6. The number of non-ortho nitro benzene ring substituents is 1. The van der Waals surface area contributed by atoms with Gasteiger partial charge in [0.1, 0.15) is 5.75 Å². The molecular formula is C21H22N8O4. The molecule has 1 aliphatic heterocycles. The number of aromatic hydroxyl groups is 1. The highest BCUT2D eigenvalue weighted by Gasteiger charge is 2.17. The molecule has 1 aromatic heterocycles. The number of ether oxygens (including phenoxy) is 1. The number of benzene rings is 2. The minimum atomic E-state index is -0.548. The summed E-state index contributed by atoms with van der Waals surface area (Å²) >= 11 is 0. The van der Waals surface area contributed by atoms with E-state index >= 15 is 0 Å². The monoisotopic (exact) mass is 450 g/mol. The number of phenolic OH excluding ortho intramolecular Hbond substituents is 1. The van der Waals surface area contributed by atoms with E-state index in [0.717, 1.165) is 11.3 Å². The van der Waals surface area contributed by atoms with E-state index in [4.69, 9.17) is 4.74 Å². The van der Waals surface area contributed by atoms with Crippen LogP contribution in [0.2, 0.25) is 0 Å². The Labute approximate surface area is 189 Å². The molecule has 1 fully saturated rings. The van der Waals surface area contributed by atoms with E-state index in [1.54, 1.807) is 0 Å². The zero-order valence-corrected chi connectivity index (χ0v) is 17.8. The van der Waals surface area contributed by atoms with Crippen LogP contribution < -0.4 is 15.6 Å². The Balaban J connectivity index is 1.58. The summed E-state index contributed by atoms with van der Waals surface area (Å²) in [6, 6.07) is 11.5. The maximum Gasteiger partial charge on any atom is 0.270 e. The number of hydrogen-bond acceptors (Lipinski definition) is 11. The number of nitro benzene ring substituents is 1. The number of nitro groups is 1. The van der Waals surface area contributed by atoms with Gasteiger partial charge in [-0.3, -0.25) is 10.1 Å². The van der Waals surface area contributed by atoms with Crippen LogP contribution in [-0.4, -0.2) is 57.5 Å². The highest BCUT2D eigenvalue weighted by atomic mass is 16.6. The first kappa shape index (κ1) is 21.9. The lowest BCUT2D eigenvalue weighted by Gasteiger charge is -2.27. The van der Waals surface area contributed by atoms with Crippen LogP contribution in [0.1, 0.15) is 11.1 Å². The van der Waals surface area contributed by atoms with E-state index in [0.29, 0.717) is 38.2 Å². The number of rotatable bonds is 7. The summed E-state index contributed by atoms with van der Waals surface area (Å²) in [5.41, 5.74) is 4.68. The van der Waals surface area contributed by atoms with Gasteiger partial charge in [-0.25, -0.2) is 5.43 Å². The molecule has 0 amide bonds. The first-order valence-corrected chi connectivity index (χ1v) is 10.2. The number of morpholine rings is 1. The molecule has 0 aliphatic carbocycles. The predicted molar refractivity (Wildman–Crippen MR) is 123 cm³/mol. The van der Waals surface area contributed by atoms with Gasteiger partial charge in [-0.1, -0.05) is 17.7 Å². The standard InChI is InChI=1S/C21H22N8O4/c1-14-2-4-16(5-3-14)23-19-24-20(26-21(25-19)28-8-10-33-11-9-28)27-22-13-15-12-17(29(31)32)6-7-18(15)30/h2-7,12-13,30H,8-11H2,1H3,(H2,23,24,25,26,27)/b22-13+. The van der Waals surface area contributed by atoms with Crippen LogP contribution in [-0.2, 0) is 4.74 Å². The molecule has 3 N–H and O–H groups in total. The van der Waals surface area contributed by atoms with Crippen molar-refractivity contribution in [3.8, 4) is 5.75 Å². The average Bonchev–Trinajstić information content (AvgIpc) is 2.82. The van der Waals surface area contributed by atoms with Crippen LogP contribution in [0.5, 0.6) is 5.75 Å². The molecule has 12 nitrogen and oxygen atoms in total. The zero-order valence-electron chi connectivity index (χ0n) is 17.8. The van der Waals surface area contributed by atoms with Crippen molar-refractivity contribution in [3.63, 3.8) is 0 Å². The SMILES string of the molecule is Cc1ccc(Nc2nc(N/N=C/c3cc([N+](=O)[O-])ccc3O)nc(N3CCOCC3)n2)cc1. The van der Waals surface area contributed by atoms with Crippen molar-refractivity contribution in [2.24, 2.45) is 5.10 Å². The highest BCUT2D eigenvalue weighted by Crippen LogP contribution is 2.22. The van der Waals surface area contributed by atoms with Gasteiger partial charge in [0.2, 0.25) is 17.8 Å². The van der Waals surface area contributed by atoms with Crippen molar-refractivity contribution in [2.75, 3.05) is 41.9 Å². The van der Waals surface area contributed by atoms with Crippen molar-refractivity contribution in [1.82, 2.24) is 15.0 Å². The third-order valence-electron chi connectivity index (χ3n) is 4.82. The van der Waals surface area contributed by atoms with Crippen LogP contribution in [0.3, 0.4) is 0 Å². The summed E-state index contributed by atoms with van der Waals surface area (Å²) in [6.45, 7) is 4.41. The molecule has 0 saturated carbocycles. The van der Waals surface area contributed by atoms with Gasteiger partial charge in [-0.05, 0) is 25.1 Å². The second kappa shape index (κ2) is 9.87. The quantitative estimate of drug-likeness (QED) is 0.278. The first-order chi connectivity index (χ1) is 16.0. The predicted octanol–water partition coefficient (Wildman–Crippen LogP) is 2.82. The summed E-state index contributed by atoms with van der Waals surface area (Å²) in [4.78, 5) is 25.7. The Kier molecular flexibility index (Phi) is 6.55. The van der Waals surface area contributed by atoms with Gasteiger partial charge >= 0.3 is 0 Å². The molecule has 33 heavy (non-hydrogen) atoms. The summed E-state index contributed by atoms with van der Waals surface area (Å²) < 4.78 is 5.40. The smallest absolute Gasteiger partial charge is 0.270 e. The number of phenols is 1. The van der Waals surface area contributed by atoms with E-state index in [1.165, 1.54) is 24.4 Å². The number of anilines is 4. The number of aryl methyl sites for hydroxylation is 1. The maximum atomic E-state index is 11.0. The molecule has 0 atom stereocenters. The van der Waals surface area contributed by atoms with Gasteiger partial charge in [0, 0.05) is 36.5 Å². The summed E-state index contributed by atoms with van der Waals surface area (Å²) in [5.74, 6) is 0.810. The van der Waals surface area contributed by atoms with E-state index in [2.05, 4.69) is 30.8 Å². The molecule has 170 valence electrons. The van der Waals surface area contributed by atoms with Crippen molar-refractivity contribution >= 4 is 35.4 Å². The Morgan fingerprint density at radius 1 is 1.12 bits per heavy atom. The molecule has 1 saturated heterocycles. The number of aromatic nitrogens is 3. The zero-order chi connectivity index (χ0) is 23.2. The van der Waals surface area contributed by atoms with Crippen LogP contribution in [0.15, 0.2) is 47.6 Å². The summed E-state index contributed by atoms with van der Waals surface area (Å²) in [6.07, 6.45) is 1.26. The molecule has 0 unspecified atom stereocenters. The van der Waals surface area contributed by atoms with Crippen molar-refractivity contribution < 1.29 is 14.8 Å². The van der Waals surface area contributed by atoms with Gasteiger partial charge in [0.15, 0.2) is 0 Å². The number of hydrogen-bond donors (Lipinski definition) is 3. The third-order valence-corrected chi connectivity index (χ3v) is 4.82. The molecule has 3 aromatic rings. The van der Waals surface area contributed by atoms with Gasteiger partial charge in [-0.15, -0.1) is 0 Å². The topological polar surface area (TPSA) is 151 Å². The lowest BCUT2D eigenvalue weighted by atomic mass is 10.2. The largest absolute Gasteiger partial charge is 0.507 e. The van der Waals surface area contributed by atoms with Crippen LogP contribution in [0, 0.1) is 17.0 Å². The maximum absolute atomic E-state index is 11.0. The van der Waals surface area contributed by atoms with Crippen LogP contribution in [0.4, 0.5) is 29.2 Å².